The minimum absolute atomic E-state index is 0.00695. The van der Waals surface area contributed by atoms with Crippen LogP contribution in [0.1, 0.15) is 50.1 Å². The number of aliphatic hydroxyl groups excluding tert-OH is 2. The second-order valence-electron chi connectivity index (χ2n) is 9.14. The van der Waals surface area contributed by atoms with E-state index in [-0.39, 0.29) is 42.3 Å². The van der Waals surface area contributed by atoms with Gasteiger partial charge in [0.15, 0.2) is 0 Å². The first-order valence-electron chi connectivity index (χ1n) is 11.4. The average molecular weight is 632 g/mol. The third kappa shape index (κ3) is 5.58. The van der Waals surface area contributed by atoms with Crippen LogP contribution in [-0.2, 0) is 16.1 Å². The lowest BCUT2D eigenvalue weighted by molar-refractivity contribution is -0.386. The summed E-state index contributed by atoms with van der Waals surface area (Å²) >= 11 is 8.50. The molecule has 2 aromatic heterocycles. The van der Waals surface area contributed by atoms with E-state index in [0.717, 1.165) is 3.57 Å². The zero-order valence-electron chi connectivity index (χ0n) is 19.7. The number of rotatable bonds is 9. The van der Waals surface area contributed by atoms with E-state index in [2.05, 4.69) is 9.97 Å². The van der Waals surface area contributed by atoms with Crippen LogP contribution in [0.3, 0.4) is 0 Å². The minimum Gasteiger partial charge on any atom is -0.394 e. The maximum Gasteiger partial charge on any atom is 0.276 e. The third-order valence-corrected chi connectivity index (χ3v) is 7.02. The zero-order chi connectivity index (χ0) is 26.1. The molecular formula is C23H27ClIN5O6. The number of nitro benzene ring substituents is 1. The van der Waals surface area contributed by atoms with Crippen LogP contribution < -0.4 is 5.73 Å². The van der Waals surface area contributed by atoms with E-state index < -0.39 is 29.5 Å². The molecule has 4 N–H and O–H groups in total. The Labute approximate surface area is 225 Å². The number of halogens is 2. The minimum atomic E-state index is -0.844. The molecule has 1 aliphatic rings. The Hall–Kier alpha value is -2.10. The second-order valence-corrected chi connectivity index (χ2v) is 10.7. The molecule has 1 aromatic carbocycles. The molecule has 0 radical (unpaired) electrons. The van der Waals surface area contributed by atoms with Gasteiger partial charge in [-0.1, -0.05) is 25.4 Å². The molecule has 11 nitrogen and oxygen atoms in total. The van der Waals surface area contributed by atoms with Crippen molar-refractivity contribution in [1.82, 2.24) is 14.5 Å². The van der Waals surface area contributed by atoms with Crippen LogP contribution in [-0.4, -0.2) is 48.5 Å². The van der Waals surface area contributed by atoms with Crippen molar-refractivity contribution >= 4 is 56.9 Å². The molecule has 0 amide bonds. The Kier molecular flexibility index (Phi) is 8.32. The number of fused-ring (bicyclic) bond motifs is 1. The highest BCUT2D eigenvalue weighted by Gasteiger charge is 2.36. The predicted molar refractivity (Wildman–Crippen MR) is 141 cm³/mol. The predicted octanol–water partition coefficient (Wildman–Crippen LogP) is 4.12. The Balaban J connectivity index is 1.71. The topological polar surface area (TPSA) is 159 Å². The molecule has 1 saturated heterocycles. The smallest absolute Gasteiger partial charge is 0.276 e. The van der Waals surface area contributed by atoms with Crippen LogP contribution in [0, 0.1) is 19.6 Å². The Morgan fingerprint density at radius 1 is 1.42 bits per heavy atom. The quantitative estimate of drug-likeness (QED) is 0.137. The highest BCUT2D eigenvalue weighted by atomic mass is 127. The third-order valence-electron chi connectivity index (χ3n) is 6.08. The van der Waals surface area contributed by atoms with Gasteiger partial charge < -0.3 is 30.0 Å². The molecule has 4 atom stereocenters. The molecule has 0 aliphatic carbocycles. The standard InChI is InChI=1S/C23H27ClIN5O6/c1-11(2)5-17(14-4-3-13(25)6-15(14)30(33)34)35-10-12-8-29(19-7-16(32)18(9-31)36-19)22-20(12)21(24)27-23(26)28-22/h3-4,6,8,11,16-19,31-32H,5,7,9-10H2,1-2H3,(H2,26,27,28)/t16-,17-,18-,19-/m1/s1. The zero-order valence-corrected chi connectivity index (χ0v) is 22.6. The summed E-state index contributed by atoms with van der Waals surface area (Å²) in [6, 6.07) is 5.08. The van der Waals surface area contributed by atoms with Gasteiger partial charge in [-0.15, -0.1) is 0 Å². The molecule has 1 aliphatic heterocycles. The van der Waals surface area contributed by atoms with Crippen molar-refractivity contribution in [3.8, 4) is 0 Å². The maximum atomic E-state index is 11.8. The largest absolute Gasteiger partial charge is 0.394 e. The van der Waals surface area contributed by atoms with Gasteiger partial charge in [-0.3, -0.25) is 10.1 Å². The number of hydrogen-bond donors (Lipinski definition) is 3. The molecule has 3 heterocycles. The van der Waals surface area contributed by atoms with E-state index in [0.29, 0.717) is 28.6 Å². The normalized spacial score (nSPS) is 20.9. The first-order chi connectivity index (χ1) is 17.1. The van der Waals surface area contributed by atoms with E-state index in [1.807, 2.05) is 42.5 Å². The van der Waals surface area contributed by atoms with Crippen molar-refractivity contribution in [3.63, 3.8) is 0 Å². The van der Waals surface area contributed by atoms with Gasteiger partial charge in [0, 0.05) is 27.8 Å². The van der Waals surface area contributed by atoms with Gasteiger partial charge in [0.1, 0.15) is 23.1 Å². The molecule has 0 spiro atoms. The first kappa shape index (κ1) is 26.9. The van der Waals surface area contributed by atoms with Crippen LogP contribution in [0.25, 0.3) is 11.0 Å². The van der Waals surface area contributed by atoms with E-state index in [1.165, 1.54) is 6.07 Å². The summed E-state index contributed by atoms with van der Waals surface area (Å²) in [4.78, 5) is 19.8. The summed E-state index contributed by atoms with van der Waals surface area (Å²) in [5.41, 5.74) is 7.40. The number of benzene rings is 1. The molecule has 0 saturated carbocycles. The first-order valence-corrected chi connectivity index (χ1v) is 12.9. The molecule has 13 heteroatoms. The van der Waals surface area contributed by atoms with Gasteiger partial charge in [-0.2, -0.15) is 4.98 Å². The van der Waals surface area contributed by atoms with Crippen molar-refractivity contribution in [1.29, 1.82) is 0 Å². The second kappa shape index (κ2) is 11.1. The van der Waals surface area contributed by atoms with Crippen molar-refractivity contribution in [2.45, 2.75) is 57.8 Å². The highest BCUT2D eigenvalue weighted by Crippen LogP contribution is 2.38. The fourth-order valence-electron chi connectivity index (χ4n) is 4.42. The summed E-state index contributed by atoms with van der Waals surface area (Å²) in [7, 11) is 0. The van der Waals surface area contributed by atoms with Gasteiger partial charge >= 0.3 is 0 Å². The summed E-state index contributed by atoms with van der Waals surface area (Å²) in [6.07, 6.45) is -0.173. The van der Waals surface area contributed by atoms with Gasteiger partial charge in [-0.25, -0.2) is 4.98 Å². The number of aromatic nitrogens is 3. The lowest BCUT2D eigenvalue weighted by Crippen LogP contribution is -2.24. The van der Waals surface area contributed by atoms with Crippen molar-refractivity contribution in [2.24, 2.45) is 5.92 Å². The van der Waals surface area contributed by atoms with Crippen molar-refractivity contribution < 1.29 is 24.6 Å². The van der Waals surface area contributed by atoms with Gasteiger partial charge in [-0.05, 0) is 47.1 Å². The van der Waals surface area contributed by atoms with E-state index in [9.17, 15) is 20.3 Å². The number of nitrogen functional groups attached to an aromatic ring is 1. The van der Waals surface area contributed by atoms with Gasteiger partial charge in [0.05, 0.1) is 41.3 Å². The van der Waals surface area contributed by atoms with Crippen molar-refractivity contribution in [3.05, 3.63) is 54.4 Å². The number of hydrogen-bond acceptors (Lipinski definition) is 9. The number of anilines is 1. The van der Waals surface area contributed by atoms with Crippen LogP contribution in [0.5, 0.6) is 0 Å². The number of nitrogens with two attached hydrogens (primary N) is 1. The van der Waals surface area contributed by atoms with Crippen LogP contribution in [0.2, 0.25) is 5.15 Å². The molecular weight excluding hydrogens is 605 g/mol. The van der Waals surface area contributed by atoms with Crippen molar-refractivity contribution in [2.75, 3.05) is 12.3 Å². The molecule has 1 fully saturated rings. The summed E-state index contributed by atoms with van der Waals surface area (Å²) in [5, 5.41) is 32.1. The van der Waals surface area contributed by atoms with E-state index in [4.69, 9.17) is 26.8 Å². The maximum absolute atomic E-state index is 11.8. The van der Waals surface area contributed by atoms with Crippen LogP contribution in [0.4, 0.5) is 11.6 Å². The monoisotopic (exact) mass is 631 g/mol. The van der Waals surface area contributed by atoms with Crippen LogP contribution in [0.15, 0.2) is 24.4 Å². The lowest BCUT2D eigenvalue weighted by Gasteiger charge is -2.20. The highest BCUT2D eigenvalue weighted by molar-refractivity contribution is 14.1. The summed E-state index contributed by atoms with van der Waals surface area (Å²) in [6.45, 7) is 3.79. The van der Waals surface area contributed by atoms with E-state index in [1.54, 1.807) is 16.8 Å². The Morgan fingerprint density at radius 3 is 2.81 bits per heavy atom. The van der Waals surface area contributed by atoms with Gasteiger partial charge in [0.25, 0.3) is 5.69 Å². The summed E-state index contributed by atoms with van der Waals surface area (Å²) < 4.78 is 14.6. The number of nitrogens with zero attached hydrogens (tertiary/aromatic N) is 4. The Bertz CT molecular complexity index is 1270. The van der Waals surface area contributed by atoms with E-state index >= 15 is 0 Å². The molecule has 194 valence electrons. The number of ether oxygens (including phenoxy) is 2. The van der Waals surface area contributed by atoms with Gasteiger partial charge in [0.2, 0.25) is 5.95 Å². The molecule has 0 unspecified atom stereocenters. The molecule has 0 bridgehead atoms. The molecule has 3 aromatic rings. The SMILES string of the molecule is CC(C)C[C@@H](OCc1cn([C@H]2C[C@@H](O)[C@@H](CO)O2)c2nc(N)nc(Cl)c12)c1ccc(I)cc1[N+](=O)[O-]. The number of nitro groups is 1. The molecule has 4 rings (SSSR count). The number of aliphatic hydroxyl groups is 2. The lowest BCUT2D eigenvalue weighted by atomic mass is 9.98. The summed E-state index contributed by atoms with van der Waals surface area (Å²) in [5.74, 6) is 0.189. The average Bonchev–Trinajstić information content (AvgIpc) is 3.36. The fourth-order valence-corrected chi connectivity index (χ4v) is 5.19. The van der Waals surface area contributed by atoms with Crippen LogP contribution >= 0.6 is 34.2 Å². The molecule has 36 heavy (non-hydrogen) atoms. The fraction of sp³-hybridized carbons (Fsp3) is 0.478. The Morgan fingerprint density at radius 2 is 2.17 bits per heavy atom.